The van der Waals surface area contributed by atoms with E-state index in [2.05, 4.69) is 20.6 Å². The molecule has 2 aromatic heterocycles. The third kappa shape index (κ3) is 4.10. The summed E-state index contributed by atoms with van der Waals surface area (Å²) < 4.78 is 1.07. The number of amides is 2. The molecule has 1 fully saturated rings. The molecule has 0 bridgehead atoms. The summed E-state index contributed by atoms with van der Waals surface area (Å²) in [6.45, 7) is 0.357. The van der Waals surface area contributed by atoms with Crippen molar-refractivity contribution in [3.63, 3.8) is 0 Å². The van der Waals surface area contributed by atoms with Gasteiger partial charge in [-0.3, -0.25) is 19.4 Å². The minimum absolute atomic E-state index is 0.0879. The quantitative estimate of drug-likeness (QED) is 0.397. The molecule has 0 radical (unpaired) electrons. The summed E-state index contributed by atoms with van der Waals surface area (Å²) in [5, 5.41) is 6.48. The number of hydrogen-bond acceptors (Lipinski definition) is 7. The molecule has 11 heteroatoms. The normalized spacial score (nSPS) is 18.4. The zero-order chi connectivity index (χ0) is 21.3. The SMILES string of the molecule is Nc1c(C(=O)N[C@@H]2CC[C@@H](C(=O)NCc3nc4ccccc4s3)C2)[nH]c(=O)[nH]c1=O. The molecular weight excluding hydrogens is 408 g/mol. The lowest BCUT2D eigenvalue weighted by Crippen LogP contribution is -2.38. The van der Waals surface area contributed by atoms with Gasteiger partial charge in [0.05, 0.1) is 16.8 Å². The van der Waals surface area contributed by atoms with Crippen molar-refractivity contribution in [2.45, 2.75) is 31.8 Å². The van der Waals surface area contributed by atoms with Gasteiger partial charge in [-0.05, 0) is 31.4 Å². The van der Waals surface area contributed by atoms with Gasteiger partial charge in [0.2, 0.25) is 5.91 Å². The van der Waals surface area contributed by atoms with Crippen LogP contribution in [-0.4, -0.2) is 32.8 Å². The Balaban J connectivity index is 1.32. The molecule has 1 aliphatic rings. The number of nitrogens with one attached hydrogen (secondary N) is 4. The van der Waals surface area contributed by atoms with Crippen LogP contribution < -0.4 is 27.6 Å². The number of H-pyrrole nitrogens is 2. The molecular formula is C19H20N6O4S. The van der Waals surface area contributed by atoms with Gasteiger partial charge in [0, 0.05) is 12.0 Å². The molecule has 2 heterocycles. The van der Waals surface area contributed by atoms with Gasteiger partial charge in [-0.25, -0.2) is 9.78 Å². The first-order valence-electron chi connectivity index (χ1n) is 9.46. The maximum Gasteiger partial charge on any atom is 0.326 e. The summed E-state index contributed by atoms with van der Waals surface area (Å²) in [5.74, 6) is -0.966. The topological polar surface area (TPSA) is 163 Å². The molecule has 30 heavy (non-hydrogen) atoms. The van der Waals surface area contributed by atoms with Crippen LogP contribution in [0.5, 0.6) is 0 Å². The number of carbonyl (C=O) groups is 2. The van der Waals surface area contributed by atoms with Crippen LogP contribution in [0.4, 0.5) is 5.69 Å². The molecule has 156 valence electrons. The minimum atomic E-state index is -0.817. The number of fused-ring (bicyclic) bond motifs is 1. The predicted octanol–water partition coefficient (Wildman–Crippen LogP) is 0.470. The first-order valence-corrected chi connectivity index (χ1v) is 10.3. The van der Waals surface area contributed by atoms with E-state index in [9.17, 15) is 19.2 Å². The summed E-state index contributed by atoms with van der Waals surface area (Å²) >= 11 is 1.54. The Kier molecular flexibility index (Phi) is 5.36. The number of hydrogen-bond donors (Lipinski definition) is 5. The molecule has 3 aromatic rings. The summed E-state index contributed by atoms with van der Waals surface area (Å²) in [6.07, 6.45) is 1.70. The van der Waals surface area contributed by atoms with E-state index < -0.39 is 17.2 Å². The molecule has 2 atom stereocenters. The maximum absolute atomic E-state index is 12.5. The van der Waals surface area contributed by atoms with E-state index in [1.165, 1.54) is 0 Å². The van der Waals surface area contributed by atoms with Gasteiger partial charge in [-0.2, -0.15) is 0 Å². The number of anilines is 1. The van der Waals surface area contributed by atoms with Gasteiger partial charge < -0.3 is 21.4 Å². The Labute approximate surface area is 173 Å². The molecule has 1 saturated carbocycles. The van der Waals surface area contributed by atoms with Gasteiger partial charge in [-0.1, -0.05) is 12.1 Å². The van der Waals surface area contributed by atoms with E-state index in [0.29, 0.717) is 25.8 Å². The number of nitrogens with zero attached hydrogens (tertiary/aromatic N) is 1. The second-order valence-electron chi connectivity index (χ2n) is 7.17. The molecule has 2 amide bonds. The van der Waals surface area contributed by atoms with E-state index in [1.807, 2.05) is 29.2 Å². The highest BCUT2D eigenvalue weighted by atomic mass is 32.1. The number of benzene rings is 1. The summed E-state index contributed by atoms with van der Waals surface area (Å²) in [4.78, 5) is 56.5. The Morgan fingerprint density at radius 2 is 2.00 bits per heavy atom. The van der Waals surface area contributed by atoms with Crippen LogP contribution in [0, 0.1) is 5.92 Å². The molecule has 1 aromatic carbocycles. The minimum Gasteiger partial charge on any atom is -0.392 e. The fourth-order valence-electron chi connectivity index (χ4n) is 3.59. The Bertz CT molecular complexity index is 1200. The van der Waals surface area contributed by atoms with Crippen LogP contribution >= 0.6 is 11.3 Å². The number of carbonyl (C=O) groups excluding carboxylic acids is 2. The van der Waals surface area contributed by atoms with Gasteiger partial charge in [0.25, 0.3) is 11.5 Å². The Morgan fingerprint density at radius 3 is 2.80 bits per heavy atom. The summed E-state index contributed by atoms with van der Waals surface area (Å²) in [6, 6.07) is 7.54. The van der Waals surface area contributed by atoms with Crippen LogP contribution in [-0.2, 0) is 11.3 Å². The first kappa shape index (κ1) is 19.8. The number of aromatic nitrogens is 3. The Hall–Kier alpha value is -3.47. The second kappa shape index (κ2) is 8.11. The molecule has 0 unspecified atom stereocenters. The Morgan fingerprint density at radius 1 is 1.20 bits per heavy atom. The van der Waals surface area contributed by atoms with Crippen molar-refractivity contribution < 1.29 is 9.59 Å². The molecule has 0 saturated heterocycles. The number of rotatable bonds is 5. The van der Waals surface area contributed by atoms with E-state index in [4.69, 9.17) is 5.73 Å². The van der Waals surface area contributed by atoms with Crippen molar-refractivity contribution in [2.24, 2.45) is 5.92 Å². The van der Waals surface area contributed by atoms with Crippen LogP contribution in [0.3, 0.4) is 0 Å². The lowest BCUT2D eigenvalue weighted by Gasteiger charge is -2.14. The van der Waals surface area contributed by atoms with E-state index in [-0.39, 0.29) is 29.2 Å². The molecule has 0 spiro atoms. The molecule has 6 N–H and O–H groups in total. The highest BCUT2D eigenvalue weighted by Crippen LogP contribution is 2.27. The highest BCUT2D eigenvalue weighted by Gasteiger charge is 2.31. The molecule has 10 nitrogen and oxygen atoms in total. The zero-order valence-corrected chi connectivity index (χ0v) is 16.7. The smallest absolute Gasteiger partial charge is 0.326 e. The van der Waals surface area contributed by atoms with E-state index in [1.54, 1.807) is 11.3 Å². The second-order valence-corrected chi connectivity index (χ2v) is 8.29. The lowest BCUT2D eigenvalue weighted by atomic mass is 10.1. The van der Waals surface area contributed by atoms with Gasteiger partial charge in [-0.15, -0.1) is 11.3 Å². The van der Waals surface area contributed by atoms with Crippen LogP contribution in [0.1, 0.15) is 34.8 Å². The van der Waals surface area contributed by atoms with Crippen molar-refractivity contribution in [1.82, 2.24) is 25.6 Å². The van der Waals surface area contributed by atoms with Crippen molar-refractivity contribution in [2.75, 3.05) is 5.73 Å². The first-order chi connectivity index (χ1) is 14.4. The number of nitrogen functional groups attached to an aromatic ring is 1. The number of thiazole rings is 1. The molecule has 1 aliphatic carbocycles. The number of nitrogens with two attached hydrogens (primary N) is 1. The average Bonchev–Trinajstić information content (AvgIpc) is 3.35. The zero-order valence-electron chi connectivity index (χ0n) is 15.9. The van der Waals surface area contributed by atoms with Crippen molar-refractivity contribution in [3.8, 4) is 0 Å². The predicted molar refractivity (Wildman–Crippen MR) is 112 cm³/mol. The van der Waals surface area contributed by atoms with E-state index in [0.717, 1.165) is 15.2 Å². The van der Waals surface area contributed by atoms with Crippen molar-refractivity contribution in [1.29, 1.82) is 0 Å². The summed E-state index contributed by atoms with van der Waals surface area (Å²) in [5.41, 5.74) is 4.24. The van der Waals surface area contributed by atoms with Crippen molar-refractivity contribution in [3.05, 3.63) is 55.8 Å². The number of para-hydroxylation sites is 1. The van der Waals surface area contributed by atoms with Crippen LogP contribution in [0.2, 0.25) is 0 Å². The summed E-state index contributed by atoms with van der Waals surface area (Å²) in [7, 11) is 0. The molecule has 4 rings (SSSR count). The molecule has 0 aliphatic heterocycles. The fourth-order valence-corrected chi connectivity index (χ4v) is 4.49. The average molecular weight is 428 g/mol. The standard InChI is InChI=1S/C19H20N6O4S/c20-14-15(24-19(29)25-17(14)27)18(28)22-10-6-5-9(7-10)16(26)21-8-13-23-11-3-1-2-4-12(11)30-13/h1-4,9-10H,5-8,20H2,(H,21,26)(H,22,28)(H2,24,25,27,29)/t9-,10-/m1/s1. The van der Waals surface area contributed by atoms with E-state index >= 15 is 0 Å². The van der Waals surface area contributed by atoms with Crippen LogP contribution in [0.25, 0.3) is 10.2 Å². The largest absolute Gasteiger partial charge is 0.392 e. The van der Waals surface area contributed by atoms with Crippen LogP contribution in [0.15, 0.2) is 33.9 Å². The monoisotopic (exact) mass is 428 g/mol. The third-order valence-electron chi connectivity index (χ3n) is 5.10. The third-order valence-corrected chi connectivity index (χ3v) is 6.13. The van der Waals surface area contributed by atoms with Crippen molar-refractivity contribution >= 4 is 39.1 Å². The van der Waals surface area contributed by atoms with Gasteiger partial charge in [0.1, 0.15) is 16.4 Å². The lowest BCUT2D eigenvalue weighted by molar-refractivity contribution is -0.125. The van der Waals surface area contributed by atoms with Gasteiger partial charge in [0.15, 0.2) is 0 Å². The fraction of sp³-hybridized carbons (Fsp3) is 0.316. The number of aromatic amines is 2. The van der Waals surface area contributed by atoms with Gasteiger partial charge >= 0.3 is 5.69 Å². The maximum atomic E-state index is 12.5. The highest BCUT2D eigenvalue weighted by molar-refractivity contribution is 7.18.